The lowest BCUT2D eigenvalue weighted by atomic mass is 10.2. The number of nitrogens with two attached hydrogens (primary N) is 1. The number of aromatic amines is 1. The van der Waals surface area contributed by atoms with E-state index in [1.165, 1.54) is 6.20 Å². The predicted octanol–water partition coefficient (Wildman–Crippen LogP) is 0.232. The van der Waals surface area contributed by atoms with E-state index in [1.807, 2.05) is 6.07 Å². The fourth-order valence-electron chi connectivity index (χ4n) is 2.07. The van der Waals surface area contributed by atoms with Gasteiger partial charge in [-0.25, -0.2) is 0 Å². The highest BCUT2D eigenvalue weighted by Crippen LogP contribution is 2.18. The molecule has 0 fully saturated rings. The number of pyridine rings is 2. The summed E-state index contributed by atoms with van der Waals surface area (Å²) in [6.45, 7) is 0.904. The molecule has 0 saturated carbocycles. The lowest BCUT2D eigenvalue weighted by Gasteiger charge is -2.09. The van der Waals surface area contributed by atoms with E-state index in [9.17, 15) is 4.79 Å². The molecule has 3 heterocycles. The van der Waals surface area contributed by atoms with Crippen LogP contribution in [0.15, 0.2) is 29.5 Å². The number of hydrogen-bond donors (Lipinski definition) is 2. The van der Waals surface area contributed by atoms with Gasteiger partial charge in [0, 0.05) is 30.9 Å². The van der Waals surface area contributed by atoms with Crippen LogP contribution in [-0.2, 0) is 6.54 Å². The third kappa shape index (κ3) is 1.34. The van der Waals surface area contributed by atoms with Crippen LogP contribution in [0.2, 0.25) is 0 Å². The highest BCUT2D eigenvalue weighted by atomic mass is 16.1. The zero-order chi connectivity index (χ0) is 11.8. The van der Waals surface area contributed by atoms with Crippen LogP contribution in [0.25, 0.3) is 21.8 Å². The van der Waals surface area contributed by atoms with Crippen molar-refractivity contribution < 1.29 is 0 Å². The van der Waals surface area contributed by atoms with Crippen molar-refractivity contribution in [3.8, 4) is 0 Å². The minimum absolute atomic E-state index is 0.0714. The summed E-state index contributed by atoms with van der Waals surface area (Å²) in [5, 5.41) is 8.21. The number of rotatable bonds is 2. The van der Waals surface area contributed by atoms with Gasteiger partial charge in [-0.15, -0.1) is 0 Å². The Kier molecular flexibility index (Phi) is 2.15. The van der Waals surface area contributed by atoms with Crippen molar-refractivity contribution in [2.24, 2.45) is 5.73 Å². The molecule has 0 bridgehead atoms. The first-order valence-corrected chi connectivity index (χ1v) is 5.32. The molecule has 6 heteroatoms. The molecule has 3 aromatic rings. The highest BCUT2D eigenvalue weighted by Gasteiger charge is 2.11. The van der Waals surface area contributed by atoms with Gasteiger partial charge in [-0.3, -0.25) is 14.9 Å². The van der Waals surface area contributed by atoms with E-state index in [1.54, 1.807) is 17.0 Å². The van der Waals surface area contributed by atoms with Crippen molar-refractivity contribution in [1.29, 1.82) is 0 Å². The summed E-state index contributed by atoms with van der Waals surface area (Å²) in [5.41, 5.74) is 7.02. The van der Waals surface area contributed by atoms with Crippen molar-refractivity contribution >= 4 is 21.8 Å². The van der Waals surface area contributed by atoms with Crippen LogP contribution in [0.4, 0.5) is 0 Å². The Morgan fingerprint density at radius 1 is 1.35 bits per heavy atom. The van der Waals surface area contributed by atoms with Crippen molar-refractivity contribution in [2.45, 2.75) is 6.54 Å². The number of nitrogens with one attached hydrogen (secondary N) is 1. The molecular weight excluding hydrogens is 218 g/mol. The molecule has 0 atom stereocenters. The van der Waals surface area contributed by atoms with Crippen LogP contribution >= 0.6 is 0 Å². The van der Waals surface area contributed by atoms with Crippen LogP contribution in [0, 0.1) is 0 Å². The Morgan fingerprint density at radius 2 is 2.24 bits per heavy atom. The lowest BCUT2D eigenvalue weighted by Crippen LogP contribution is -2.24. The molecule has 0 spiro atoms. The molecule has 3 N–H and O–H groups in total. The molecule has 0 aliphatic heterocycles. The maximum Gasteiger partial charge on any atom is 0.262 e. The van der Waals surface area contributed by atoms with Gasteiger partial charge in [-0.1, -0.05) is 0 Å². The van der Waals surface area contributed by atoms with Gasteiger partial charge in [-0.2, -0.15) is 5.10 Å². The molecule has 3 aromatic heterocycles. The van der Waals surface area contributed by atoms with E-state index < -0.39 is 0 Å². The first-order chi connectivity index (χ1) is 8.33. The Bertz CT molecular complexity index is 742. The van der Waals surface area contributed by atoms with Crippen LogP contribution < -0.4 is 11.3 Å². The third-order valence-corrected chi connectivity index (χ3v) is 2.83. The molecule has 0 aromatic carbocycles. The number of fused-ring (bicyclic) bond motifs is 3. The van der Waals surface area contributed by atoms with Gasteiger partial charge in [-0.05, 0) is 6.07 Å². The summed E-state index contributed by atoms with van der Waals surface area (Å²) in [5.74, 6) is 0. The summed E-state index contributed by atoms with van der Waals surface area (Å²) >= 11 is 0. The van der Waals surface area contributed by atoms with E-state index in [-0.39, 0.29) is 5.56 Å². The van der Waals surface area contributed by atoms with Crippen LogP contribution in [-0.4, -0.2) is 26.3 Å². The Balaban J connectivity index is 2.57. The minimum Gasteiger partial charge on any atom is -0.329 e. The second kappa shape index (κ2) is 3.67. The summed E-state index contributed by atoms with van der Waals surface area (Å²) in [4.78, 5) is 16.3. The first-order valence-electron chi connectivity index (χ1n) is 5.32. The molecular formula is C11H11N5O. The van der Waals surface area contributed by atoms with Gasteiger partial charge >= 0.3 is 0 Å². The molecule has 0 unspecified atom stereocenters. The van der Waals surface area contributed by atoms with Crippen LogP contribution in [0.1, 0.15) is 0 Å². The molecule has 86 valence electrons. The number of H-pyrrole nitrogens is 1. The van der Waals surface area contributed by atoms with E-state index >= 15 is 0 Å². The monoisotopic (exact) mass is 229 g/mol. The Hall–Kier alpha value is -2.21. The lowest BCUT2D eigenvalue weighted by molar-refractivity contribution is 0.712. The Morgan fingerprint density at radius 3 is 3.06 bits per heavy atom. The molecule has 3 rings (SSSR count). The Labute approximate surface area is 96.1 Å². The van der Waals surface area contributed by atoms with E-state index in [0.29, 0.717) is 18.5 Å². The van der Waals surface area contributed by atoms with E-state index in [4.69, 9.17) is 5.73 Å². The number of hydrogen-bond acceptors (Lipinski definition) is 4. The molecule has 0 aliphatic carbocycles. The smallest absolute Gasteiger partial charge is 0.262 e. The average molecular weight is 229 g/mol. The molecule has 0 saturated heterocycles. The molecule has 6 nitrogen and oxygen atoms in total. The molecule has 0 amide bonds. The predicted molar refractivity (Wildman–Crippen MR) is 64.7 cm³/mol. The SMILES string of the molecule is NCCn1c(=O)c2cn[nH]c2c2cnccc21. The van der Waals surface area contributed by atoms with Crippen LogP contribution in [0.3, 0.4) is 0 Å². The summed E-state index contributed by atoms with van der Waals surface area (Å²) in [6, 6.07) is 1.81. The van der Waals surface area contributed by atoms with Crippen molar-refractivity contribution in [1.82, 2.24) is 19.7 Å². The van der Waals surface area contributed by atoms with Gasteiger partial charge in [0.2, 0.25) is 0 Å². The number of nitrogens with zero attached hydrogens (tertiary/aromatic N) is 3. The molecule has 0 radical (unpaired) electrons. The average Bonchev–Trinajstić information content (AvgIpc) is 2.84. The normalized spacial score (nSPS) is 11.4. The van der Waals surface area contributed by atoms with Gasteiger partial charge in [0.05, 0.1) is 22.6 Å². The molecule has 0 aliphatic rings. The fraction of sp³-hybridized carbons (Fsp3) is 0.182. The maximum atomic E-state index is 12.2. The van der Waals surface area contributed by atoms with Crippen molar-refractivity contribution in [3.05, 3.63) is 35.0 Å². The van der Waals surface area contributed by atoms with E-state index in [2.05, 4.69) is 15.2 Å². The molecule has 17 heavy (non-hydrogen) atoms. The second-order valence-electron chi connectivity index (χ2n) is 3.80. The van der Waals surface area contributed by atoms with Crippen molar-refractivity contribution in [3.63, 3.8) is 0 Å². The van der Waals surface area contributed by atoms with Crippen molar-refractivity contribution in [2.75, 3.05) is 6.54 Å². The second-order valence-corrected chi connectivity index (χ2v) is 3.80. The number of aromatic nitrogens is 4. The maximum absolute atomic E-state index is 12.2. The van der Waals surface area contributed by atoms with E-state index in [0.717, 1.165) is 16.4 Å². The minimum atomic E-state index is -0.0714. The quantitative estimate of drug-likeness (QED) is 0.658. The third-order valence-electron chi connectivity index (χ3n) is 2.83. The van der Waals surface area contributed by atoms with Crippen LogP contribution in [0.5, 0.6) is 0 Å². The van der Waals surface area contributed by atoms with Gasteiger partial charge in [0.1, 0.15) is 0 Å². The highest BCUT2D eigenvalue weighted by molar-refractivity contribution is 6.02. The summed E-state index contributed by atoms with van der Waals surface area (Å²) < 4.78 is 1.66. The van der Waals surface area contributed by atoms with Gasteiger partial charge < -0.3 is 10.3 Å². The summed E-state index contributed by atoms with van der Waals surface area (Å²) in [6.07, 6.45) is 4.93. The van der Waals surface area contributed by atoms with Gasteiger partial charge in [0.15, 0.2) is 0 Å². The standard InChI is InChI=1S/C11H11N5O/c12-2-4-16-9-1-3-13-5-7(9)10-8(11(16)17)6-14-15-10/h1,3,5-6H,2,4,12H2,(H,14,15). The largest absolute Gasteiger partial charge is 0.329 e. The summed E-state index contributed by atoms with van der Waals surface area (Å²) in [7, 11) is 0. The first kappa shape index (κ1) is 9.98. The fourth-order valence-corrected chi connectivity index (χ4v) is 2.07. The van der Waals surface area contributed by atoms with Gasteiger partial charge in [0.25, 0.3) is 5.56 Å². The zero-order valence-electron chi connectivity index (χ0n) is 9.05. The topological polar surface area (TPSA) is 89.6 Å². The zero-order valence-corrected chi connectivity index (χ0v) is 9.05.